The molecule has 1 unspecified atom stereocenters. The Morgan fingerprint density at radius 2 is 2.06 bits per heavy atom. The molecule has 0 amide bonds. The minimum absolute atomic E-state index is 0.469. The number of hydrogen-bond acceptors (Lipinski definition) is 2. The number of carboxylic acids is 1. The average molecular weight is 268 g/mol. The zero-order chi connectivity index (χ0) is 13.3. The van der Waals surface area contributed by atoms with Crippen molar-refractivity contribution < 1.29 is 14.6 Å². The van der Waals surface area contributed by atoms with Crippen LogP contribution < -0.4 is 4.39 Å². The van der Waals surface area contributed by atoms with Gasteiger partial charge in [0, 0.05) is 0 Å². The number of benzene rings is 2. The van der Waals surface area contributed by atoms with Crippen LogP contribution in [0.3, 0.4) is 0 Å². The fourth-order valence-corrected chi connectivity index (χ4v) is 3.18. The summed E-state index contributed by atoms with van der Waals surface area (Å²) in [7, 11) is 1.66. The van der Waals surface area contributed by atoms with E-state index in [1.54, 1.807) is 14.0 Å². The topological polar surface area (TPSA) is 46.5 Å². The van der Waals surface area contributed by atoms with E-state index < -0.39 is 11.9 Å². The Labute approximate surface area is 140 Å². The van der Waals surface area contributed by atoms with Gasteiger partial charge in [-0.05, 0) is 0 Å². The molecular weight excluding hydrogens is 255 g/mol. The first-order chi connectivity index (χ1) is 8.52. The fourth-order valence-electron chi connectivity index (χ4n) is 2.06. The van der Waals surface area contributed by atoms with Crippen molar-refractivity contribution in [1.29, 1.82) is 0 Å². The number of fused-ring (bicyclic) bond motifs is 1. The van der Waals surface area contributed by atoms with Crippen LogP contribution in [0.5, 0.6) is 5.75 Å². The zero-order valence-electron chi connectivity index (χ0n) is 10.7. The van der Waals surface area contributed by atoms with Crippen molar-refractivity contribution in [2.45, 2.75) is 12.8 Å². The molecule has 2 aromatic carbocycles. The Morgan fingerprint density at radius 1 is 1.33 bits per heavy atom. The molecule has 0 aliphatic heterocycles. The number of carboxylic acid groups (broad SMARTS) is 1. The molecule has 0 spiro atoms. The summed E-state index contributed by atoms with van der Waals surface area (Å²) in [5.41, 5.74) is 0.852. The van der Waals surface area contributed by atoms with Crippen molar-refractivity contribution in [2.75, 3.05) is 7.11 Å². The van der Waals surface area contributed by atoms with Gasteiger partial charge in [-0.25, -0.2) is 0 Å². The number of hydrogen-bond donors (Lipinski definition) is 1. The summed E-state index contributed by atoms with van der Waals surface area (Å²) in [5.74, 6) is -0.393. The van der Waals surface area contributed by atoms with Crippen LogP contribution in [-0.4, -0.2) is 67.1 Å². The maximum absolute atomic E-state index is 11.0. The van der Waals surface area contributed by atoms with Gasteiger partial charge in [-0.3, -0.25) is 0 Å². The van der Waals surface area contributed by atoms with Crippen molar-refractivity contribution in [1.82, 2.24) is 0 Å². The van der Waals surface area contributed by atoms with Gasteiger partial charge in [0.2, 0.25) is 0 Å². The van der Waals surface area contributed by atoms with E-state index in [1.807, 2.05) is 30.3 Å². The molecule has 0 aromatic heterocycles. The molecular formula is C14H13KO3. The quantitative estimate of drug-likeness (QED) is 0.864. The summed E-state index contributed by atoms with van der Waals surface area (Å²) < 4.78 is 6.53. The molecule has 0 saturated carbocycles. The Morgan fingerprint density at radius 3 is 2.67 bits per heavy atom. The van der Waals surface area contributed by atoms with E-state index in [0.29, 0.717) is 49.0 Å². The van der Waals surface area contributed by atoms with Gasteiger partial charge in [0.1, 0.15) is 0 Å². The molecule has 0 radical (unpaired) electrons. The van der Waals surface area contributed by atoms with Crippen molar-refractivity contribution in [3.05, 3.63) is 35.9 Å². The third-order valence-corrected chi connectivity index (χ3v) is 4.56. The molecule has 3 nitrogen and oxygen atoms in total. The normalized spacial score (nSPS) is 12.4. The van der Waals surface area contributed by atoms with Gasteiger partial charge >= 0.3 is 142 Å². The van der Waals surface area contributed by atoms with E-state index in [2.05, 4.69) is 0 Å². The summed E-state index contributed by atoms with van der Waals surface area (Å²) in [4.78, 5) is 11.0. The minimum atomic E-state index is -0.790. The van der Waals surface area contributed by atoms with Crippen LogP contribution in [0.25, 0.3) is 10.8 Å². The zero-order valence-corrected chi connectivity index (χ0v) is 13.9. The van der Waals surface area contributed by atoms with E-state index in [9.17, 15) is 4.79 Å². The number of aliphatic carboxylic acids is 1. The van der Waals surface area contributed by atoms with Gasteiger partial charge in [0.25, 0.3) is 0 Å². The van der Waals surface area contributed by atoms with Crippen LogP contribution in [0, 0.1) is 0 Å². The molecule has 1 atom stereocenters. The first-order valence-electron chi connectivity index (χ1n) is 5.84. The molecule has 4 heteroatoms. The Balaban J connectivity index is 2.58. The third-order valence-electron chi connectivity index (χ3n) is 3.26. The summed E-state index contributed by atoms with van der Waals surface area (Å²) in [5, 5.41) is 11.3. The number of rotatable bonds is 3. The molecule has 2 aromatic rings. The first kappa shape index (κ1) is 14.0. The van der Waals surface area contributed by atoms with Crippen molar-refractivity contribution in [2.24, 2.45) is 0 Å². The Kier molecular flexibility index (Phi) is 4.45. The predicted molar refractivity (Wildman–Crippen MR) is 71.9 cm³/mol. The fraction of sp³-hybridized carbons (Fsp3) is 0.214. The van der Waals surface area contributed by atoms with Crippen molar-refractivity contribution >= 4 is 65.4 Å². The monoisotopic (exact) mass is 268 g/mol. The molecule has 0 bridgehead atoms. The van der Waals surface area contributed by atoms with Gasteiger partial charge < -0.3 is 0 Å². The molecule has 0 aliphatic rings. The van der Waals surface area contributed by atoms with Crippen LogP contribution in [0.15, 0.2) is 30.3 Å². The summed E-state index contributed by atoms with van der Waals surface area (Å²) in [6, 6.07) is 9.88. The van der Waals surface area contributed by atoms with Crippen LogP contribution in [0.4, 0.5) is 0 Å². The second-order valence-corrected chi connectivity index (χ2v) is 6.17. The average Bonchev–Trinajstić information content (AvgIpc) is 2.37. The summed E-state index contributed by atoms with van der Waals surface area (Å²) >= 11 is 0.519. The molecule has 1 N–H and O–H groups in total. The molecule has 2 rings (SSSR count). The molecule has 0 aliphatic carbocycles. The van der Waals surface area contributed by atoms with E-state index >= 15 is 0 Å². The van der Waals surface area contributed by atoms with E-state index in [0.717, 1.165) is 22.1 Å². The van der Waals surface area contributed by atoms with Crippen LogP contribution in [0.2, 0.25) is 0 Å². The molecule has 18 heavy (non-hydrogen) atoms. The SMILES string of the molecule is COc1c[c]([K])c2cc(C(C)C(=O)O)ccc2c1. The number of ether oxygens (including phenoxy) is 1. The molecule has 0 heterocycles. The van der Waals surface area contributed by atoms with E-state index in [-0.39, 0.29) is 0 Å². The van der Waals surface area contributed by atoms with Gasteiger partial charge in [-0.2, -0.15) is 0 Å². The first-order valence-corrected chi connectivity index (χ1v) is 7.40. The summed E-state index contributed by atoms with van der Waals surface area (Å²) in [6.07, 6.45) is 0. The van der Waals surface area contributed by atoms with Crippen LogP contribution >= 0.6 is 0 Å². The van der Waals surface area contributed by atoms with Gasteiger partial charge in [-0.1, -0.05) is 0 Å². The Hall–Kier alpha value is -0.394. The third kappa shape index (κ3) is 2.78. The number of carbonyl (C=O) groups is 1. The van der Waals surface area contributed by atoms with Gasteiger partial charge in [0.15, 0.2) is 0 Å². The summed E-state index contributed by atoms with van der Waals surface area (Å²) in [6.45, 7) is 1.71. The standard InChI is InChI=1S/C14H13O3.K/c1-9(14(15)16)10-3-4-12-8-13(17-2)6-5-11(12)7-10;/h3-4,6-9H,1-2H3,(H,15,16);. The van der Waals surface area contributed by atoms with E-state index in [4.69, 9.17) is 9.84 Å². The predicted octanol–water partition coefficient (Wildman–Crippen LogP) is 1.83. The number of methoxy groups -OCH3 is 1. The molecule has 0 saturated heterocycles. The van der Waals surface area contributed by atoms with Crippen LogP contribution in [0.1, 0.15) is 18.4 Å². The maximum atomic E-state index is 11.0. The van der Waals surface area contributed by atoms with Crippen molar-refractivity contribution in [3.63, 3.8) is 0 Å². The van der Waals surface area contributed by atoms with E-state index in [1.165, 1.54) is -0.342 Å². The second-order valence-electron chi connectivity index (χ2n) is 4.48. The van der Waals surface area contributed by atoms with Crippen LogP contribution in [-0.2, 0) is 4.79 Å². The molecule has 88 valence electrons. The molecule has 0 fully saturated rings. The Bertz CT molecular complexity index is 607. The van der Waals surface area contributed by atoms with Crippen molar-refractivity contribution in [3.8, 4) is 5.75 Å². The van der Waals surface area contributed by atoms with Gasteiger partial charge in [-0.15, -0.1) is 0 Å². The van der Waals surface area contributed by atoms with Gasteiger partial charge in [0.05, 0.1) is 0 Å². The second kappa shape index (κ2) is 5.71.